The van der Waals surface area contributed by atoms with E-state index >= 15 is 0 Å². The van der Waals surface area contributed by atoms with Gasteiger partial charge in [-0.1, -0.05) is 13.8 Å². The molecule has 1 atom stereocenters. The highest BCUT2D eigenvalue weighted by atomic mass is 16.3. The molecule has 1 saturated heterocycles. The quantitative estimate of drug-likeness (QED) is 0.757. The Labute approximate surface area is 94.1 Å². The Morgan fingerprint density at radius 1 is 1.33 bits per heavy atom. The number of hydrogen-bond donors (Lipinski definition) is 1. The fourth-order valence-corrected chi connectivity index (χ4v) is 2.18. The molecule has 0 aliphatic carbocycles. The maximum Gasteiger partial charge on any atom is 0.0599 e. The van der Waals surface area contributed by atoms with Crippen molar-refractivity contribution in [2.75, 3.05) is 39.8 Å². The molecule has 0 saturated carbocycles. The lowest BCUT2D eigenvalue weighted by molar-refractivity contribution is 0.113. The molecule has 0 aromatic carbocycles. The topological polar surface area (TPSA) is 26.7 Å². The minimum atomic E-state index is 0.294. The monoisotopic (exact) mass is 214 g/mol. The van der Waals surface area contributed by atoms with E-state index in [1.54, 1.807) is 0 Å². The number of rotatable bonds is 4. The van der Waals surface area contributed by atoms with Crippen LogP contribution in [0.4, 0.5) is 0 Å². The second-order valence-electron chi connectivity index (χ2n) is 5.17. The molecule has 3 heteroatoms. The van der Waals surface area contributed by atoms with Gasteiger partial charge in [-0.05, 0) is 45.4 Å². The third-order valence-electron chi connectivity index (χ3n) is 3.23. The summed E-state index contributed by atoms with van der Waals surface area (Å²) in [7, 11) is 2.15. The van der Waals surface area contributed by atoms with E-state index in [1.807, 2.05) is 0 Å². The molecule has 1 heterocycles. The van der Waals surface area contributed by atoms with E-state index in [0.717, 1.165) is 32.1 Å². The number of aliphatic hydroxyl groups excluding tert-OH is 1. The number of hydrogen-bond acceptors (Lipinski definition) is 3. The van der Waals surface area contributed by atoms with Crippen molar-refractivity contribution in [2.24, 2.45) is 5.92 Å². The van der Waals surface area contributed by atoms with Gasteiger partial charge in [-0.2, -0.15) is 0 Å². The summed E-state index contributed by atoms with van der Waals surface area (Å²) in [6.45, 7) is 9.26. The summed E-state index contributed by atoms with van der Waals surface area (Å²) in [6, 6.07) is 0.344. The average Bonchev–Trinajstić information content (AvgIpc) is 2.36. The van der Waals surface area contributed by atoms with Gasteiger partial charge in [0.15, 0.2) is 0 Å². The summed E-state index contributed by atoms with van der Waals surface area (Å²) >= 11 is 0. The Hall–Kier alpha value is -0.120. The van der Waals surface area contributed by atoms with Crippen LogP contribution in [-0.2, 0) is 0 Å². The predicted octanol–water partition coefficient (Wildman–Crippen LogP) is 1.03. The number of aliphatic hydroxyl groups is 1. The van der Waals surface area contributed by atoms with Crippen LogP contribution in [0.5, 0.6) is 0 Å². The minimum absolute atomic E-state index is 0.294. The molecule has 3 nitrogen and oxygen atoms in total. The second kappa shape index (κ2) is 6.46. The Kier molecular flexibility index (Phi) is 5.58. The fraction of sp³-hybridized carbons (Fsp3) is 1.00. The number of nitrogens with zero attached hydrogens (tertiary/aromatic N) is 2. The highest BCUT2D eigenvalue weighted by Crippen LogP contribution is 2.11. The average molecular weight is 214 g/mol. The molecular weight excluding hydrogens is 188 g/mol. The van der Waals surface area contributed by atoms with Gasteiger partial charge in [-0.15, -0.1) is 0 Å². The van der Waals surface area contributed by atoms with Crippen LogP contribution >= 0.6 is 0 Å². The van der Waals surface area contributed by atoms with Gasteiger partial charge in [0.05, 0.1) is 6.61 Å². The Morgan fingerprint density at radius 3 is 2.67 bits per heavy atom. The van der Waals surface area contributed by atoms with Crippen molar-refractivity contribution in [3.05, 3.63) is 0 Å². The van der Waals surface area contributed by atoms with E-state index in [2.05, 4.69) is 30.7 Å². The predicted molar refractivity (Wildman–Crippen MR) is 64.0 cm³/mol. The van der Waals surface area contributed by atoms with Crippen LogP contribution in [0, 0.1) is 5.92 Å². The lowest BCUT2D eigenvalue weighted by atomic mass is 10.1. The van der Waals surface area contributed by atoms with Gasteiger partial charge in [0, 0.05) is 12.6 Å². The highest BCUT2D eigenvalue weighted by Gasteiger charge is 2.22. The Balaban J connectivity index is 2.43. The third-order valence-corrected chi connectivity index (χ3v) is 3.23. The van der Waals surface area contributed by atoms with Crippen LogP contribution < -0.4 is 0 Å². The summed E-state index contributed by atoms with van der Waals surface area (Å²) in [5.74, 6) is 0.755. The van der Waals surface area contributed by atoms with E-state index < -0.39 is 0 Å². The molecule has 15 heavy (non-hydrogen) atoms. The Bertz CT molecular complexity index is 173. The summed E-state index contributed by atoms with van der Waals surface area (Å²) in [5, 5.41) is 9.40. The van der Waals surface area contributed by atoms with Crippen LogP contribution in [0.25, 0.3) is 0 Å². The molecule has 1 unspecified atom stereocenters. The van der Waals surface area contributed by atoms with Gasteiger partial charge < -0.3 is 10.0 Å². The first-order chi connectivity index (χ1) is 7.13. The van der Waals surface area contributed by atoms with Gasteiger partial charge in [0.25, 0.3) is 0 Å². The van der Waals surface area contributed by atoms with Crippen molar-refractivity contribution in [1.29, 1.82) is 0 Å². The van der Waals surface area contributed by atoms with E-state index in [9.17, 15) is 5.11 Å². The van der Waals surface area contributed by atoms with Crippen LogP contribution in [0.3, 0.4) is 0 Å². The highest BCUT2D eigenvalue weighted by molar-refractivity contribution is 4.78. The zero-order valence-electron chi connectivity index (χ0n) is 10.4. The van der Waals surface area contributed by atoms with Crippen molar-refractivity contribution in [2.45, 2.75) is 32.7 Å². The minimum Gasteiger partial charge on any atom is -0.395 e. The molecule has 1 rings (SSSR count). The van der Waals surface area contributed by atoms with Crippen molar-refractivity contribution < 1.29 is 5.11 Å². The second-order valence-corrected chi connectivity index (χ2v) is 5.17. The van der Waals surface area contributed by atoms with Gasteiger partial charge in [0.1, 0.15) is 0 Å². The van der Waals surface area contributed by atoms with Crippen LogP contribution in [0.2, 0.25) is 0 Å². The third kappa shape index (κ3) is 4.49. The van der Waals surface area contributed by atoms with Crippen molar-refractivity contribution in [3.63, 3.8) is 0 Å². The first-order valence-corrected chi connectivity index (χ1v) is 6.17. The van der Waals surface area contributed by atoms with E-state index in [4.69, 9.17) is 0 Å². The van der Waals surface area contributed by atoms with Crippen LogP contribution in [0.15, 0.2) is 0 Å². The molecule has 0 spiro atoms. The largest absolute Gasteiger partial charge is 0.395 e. The first-order valence-electron chi connectivity index (χ1n) is 6.17. The molecule has 0 bridgehead atoms. The van der Waals surface area contributed by atoms with Gasteiger partial charge in [-0.3, -0.25) is 4.90 Å². The molecule has 0 aromatic heterocycles. The van der Waals surface area contributed by atoms with Crippen LogP contribution in [-0.4, -0.2) is 60.8 Å². The van der Waals surface area contributed by atoms with Crippen molar-refractivity contribution >= 4 is 0 Å². The zero-order valence-corrected chi connectivity index (χ0v) is 10.4. The molecule has 1 aliphatic heterocycles. The standard InChI is InChI=1S/C12H26N2O/c1-11(2)5-8-14-7-4-6-13(3)9-12(14)10-15/h11-12,15H,4-10H2,1-3H3. The van der Waals surface area contributed by atoms with Gasteiger partial charge in [0.2, 0.25) is 0 Å². The van der Waals surface area contributed by atoms with E-state index in [-0.39, 0.29) is 0 Å². The summed E-state index contributed by atoms with van der Waals surface area (Å²) in [6.07, 6.45) is 2.46. The Morgan fingerprint density at radius 2 is 2.07 bits per heavy atom. The molecule has 1 fully saturated rings. The van der Waals surface area contributed by atoms with Crippen molar-refractivity contribution in [1.82, 2.24) is 9.80 Å². The molecule has 0 radical (unpaired) electrons. The van der Waals surface area contributed by atoms with Gasteiger partial charge >= 0.3 is 0 Å². The fourth-order valence-electron chi connectivity index (χ4n) is 2.18. The summed E-state index contributed by atoms with van der Waals surface area (Å²) in [5.41, 5.74) is 0. The van der Waals surface area contributed by atoms with Crippen LogP contribution in [0.1, 0.15) is 26.7 Å². The summed E-state index contributed by atoms with van der Waals surface area (Å²) < 4.78 is 0. The van der Waals surface area contributed by atoms with E-state index in [0.29, 0.717) is 12.6 Å². The molecular formula is C12H26N2O. The molecule has 0 aromatic rings. The lowest BCUT2D eigenvalue weighted by Crippen LogP contribution is -2.43. The van der Waals surface area contributed by atoms with Crippen molar-refractivity contribution in [3.8, 4) is 0 Å². The number of likely N-dealkylation sites (N-methyl/N-ethyl adjacent to an activating group) is 1. The maximum absolute atomic E-state index is 9.40. The molecule has 0 amide bonds. The normalized spacial score (nSPS) is 25.8. The van der Waals surface area contributed by atoms with E-state index in [1.165, 1.54) is 12.8 Å². The zero-order chi connectivity index (χ0) is 11.3. The molecule has 90 valence electrons. The molecule has 1 N–H and O–H groups in total. The lowest BCUT2D eigenvalue weighted by Gasteiger charge is -2.29. The SMILES string of the molecule is CC(C)CCN1CCCN(C)CC1CO. The maximum atomic E-state index is 9.40. The first kappa shape index (κ1) is 12.9. The summed E-state index contributed by atoms with van der Waals surface area (Å²) in [4.78, 5) is 4.79. The molecule has 1 aliphatic rings. The smallest absolute Gasteiger partial charge is 0.0599 e. The van der Waals surface area contributed by atoms with Gasteiger partial charge in [-0.25, -0.2) is 0 Å².